The molecule has 0 spiro atoms. The number of aromatic carboxylic acids is 1. The Morgan fingerprint density at radius 1 is 1.35 bits per heavy atom. The van der Waals surface area contributed by atoms with Crippen molar-refractivity contribution in [3.8, 4) is 0 Å². The number of esters is 1. The van der Waals surface area contributed by atoms with Crippen LogP contribution in [0.15, 0.2) is 18.2 Å². The summed E-state index contributed by atoms with van der Waals surface area (Å²) in [5, 5.41) is 8.75. The predicted octanol–water partition coefficient (Wildman–Crippen LogP) is 3.05. The molecule has 0 aliphatic rings. The van der Waals surface area contributed by atoms with E-state index in [1.165, 1.54) is 19.2 Å². The maximum absolute atomic E-state index is 13.7. The number of rotatable bonds is 6. The van der Waals surface area contributed by atoms with Crippen molar-refractivity contribution in [2.24, 2.45) is 5.41 Å². The van der Waals surface area contributed by atoms with Crippen LogP contribution in [0, 0.1) is 11.2 Å². The van der Waals surface area contributed by atoms with Crippen molar-refractivity contribution in [3.63, 3.8) is 0 Å². The van der Waals surface area contributed by atoms with Gasteiger partial charge in [-0.1, -0.05) is 6.07 Å². The van der Waals surface area contributed by atoms with Gasteiger partial charge in [0.1, 0.15) is 5.82 Å². The van der Waals surface area contributed by atoms with Gasteiger partial charge in [0.25, 0.3) is 0 Å². The summed E-state index contributed by atoms with van der Waals surface area (Å²) in [4.78, 5) is 22.2. The van der Waals surface area contributed by atoms with Gasteiger partial charge in [0.05, 0.1) is 18.1 Å². The van der Waals surface area contributed by atoms with Crippen molar-refractivity contribution in [1.82, 2.24) is 0 Å². The van der Waals surface area contributed by atoms with E-state index >= 15 is 0 Å². The number of methoxy groups -OCH3 is 1. The predicted molar refractivity (Wildman–Crippen MR) is 72.1 cm³/mol. The van der Waals surface area contributed by atoms with Gasteiger partial charge in [0.2, 0.25) is 0 Å². The molecule has 20 heavy (non-hydrogen) atoms. The molecule has 0 saturated heterocycles. The topological polar surface area (TPSA) is 63.6 Å². The van der Waals surface area contributed by atoms with Crippen molar-refractivity contribution in [1.29, 1.82) is 0 Å². The molecule has 0 unspecified atom stereocenters. The number of benzene rings is 1. The molecule has 4 nitrogen and oxygen atoms in total. The smallest absolute Gasteiger partial charge is 0.335 e. The number of hydrogen-bond donors (Lipinski definition) is 1. The molecule has 0 bridgehead atoms. The molecular weight excluding hydrogens is 263 g/mol. The molecule has 1 aromatic rings. The molecule has 1 N–H and O–H groups in total. The largest absolute Gasteiger partial charge is 0.478 e. The summed E-state index contributed by atoms with van der Waals surface area (Å²) in [7, 11) is 1.34. The van der Waals surface area contributed by atoms with Crippen molar-refractivity contribution in [2.75, 3.05) is 7.11 Å². The fourth-order valence-electron chi connectivity index (χ4n) is 1.98. The van der Waals surface area contributed by atoms with Crippen LogP contribution >= 0.6 is 0 Å². The summed E-state index contributed by atoms with van der Waals surface area (Å²) >= 11 is 0. The molecule has 0 atom stereocenters. The first-order valence-electron chi connectivity index (χ1n) is 6.38. The van der Waals surface area contributed by atoms with Gasteiger partial charge in [-0.3, -0.25) is 4.79 Å². The van der Waals surface area contributed by atoms with Crippen LogP contribution in [0.5, 0.6) is 0 Å². The zero-order chi connectivity index (χ0) is 15.3. The van der Waals surface area contributed by atoms with Crippen LogP contribution in [0.1, 0.15) is 42.6 Å². The molecule has 0 amide bonds. The molecule has 110 valence electrons. The Hall–Kier alpha value is -1.91. The lowest BCUT2D eigenvalue weighted by Gasteiger charge is -2.21. The third kappa shape index (κ3) is 4.05. The van der Waals surface area contributed by atoms with Gasteiger partial charge in [-0.15, -0.1) is 0 Å². The second-order valence-electron chi connectivity index (χ2n) is 5.34. The summed E-state index contributed by atoms with van der Waals surface area (Å²) in [5.41, 5.74) is -0.219. The van der Waals surface area contributed by atoms with Crippen molar-refractivity contribution >= 4 is 11.9 Å². The number of carbonyl (C=O) groups is 2. The lowest BCUT2D eigenvalue weighted by molar-refractivity contribution is -0.151. The van der Waals surface area contributed by atoms with E-state index in [-0.39, 0.29) is 11.5 Å². The fraction of sp³-hybridized carbons (Fsp3) is 0.467. The Kier molecular flexibility index (Phi) is 5.25. The van der Waals surface area contributed by atoms with E-state index in [0.717, 1.165) is 6.07 Å². The number of halogens is 1. The number of aryl methyl sites for hydroxylation is 1. The SMILES string of the molecule is COC(=O)C(C)(C)CCCc1ccc(C(=O)O)cc1F. The van der Waals surface area contributed by atoms with Crippen LogP contribution < -0.4 is 0 Å². The zero-order valence-electron chi connectivity index (χ0n) is 11.9. The number of carbonyl (C=O) groups excluding carboxylic acids is 1. The van der Waals surface area contributed by atoms with Crippen molar-refractivity contribution in [2.45, 2.75) is 33.1 Å². The number of hydrogen-bond acceptors (Lipinski definition) is 3. The summed E-state index contributed by atoms with van der Waals surface area (Å²) in [5.74, 6) is -1.97. The van der Waals surface area contributed by atoms with Crippen LogP contribution in [0.4, 0.5) is 4.39 Å². The van der Waals surface area contributed by atoms with Gasteiger partial charge < -0.3 is 9.84 Å². The summed E-state index contributed by atoms with van der Waals surface area (Å²) in [6.45, 7) is 3.56. The minimum Gasteiger partial charge on any atom is -0.478 e. The highest BCUT2D eigenvalue weighted by atomic mass is 19.1. The first-order valence-corrected chi connectivity index (χ1v) is 6.38. The third-order valence-corrected chi connectivity index (χ3v) is 3.29. The molecule has 0 aromatic heterocycles. The average molecular weight is 282 g/mol. The van der Waals surface area contributed by atoms with E-state index in [4.69, 9.17) is 9.84 Å². The third-order valence-electron chi connectivity index (χ3n) is 3.29. The molecule has 5 heteroatoms. The Morgan fingerprint density at radius 2 is 2.00 bits per heavy atom. The van der Waals surface area contributed by atoms with Crippen LogP contribution in [-0.4, -0.2) is 24.2 Å². The van der Waals surface area contributed by atoms with Gasteiger partial charge in [0.15, 0.2) is 0 Å². The number of ether oxygens (including phenoxy) is 1. The molecule has 0 aliphatic carbocycles. The Bertz CT molecular complexity index is 509. The standard InChI is InChI=1S/C15H19FO4/c1-15(2,14(19)20-3)8-4-5-10-6-7-11(13(17)18)9-12(10)16/h6-7,9H,4-5,8H2,1-3H3,(H,17,18). The molecular formula is C15H19FO4. The van der Waals surface area contributed by atoms with E-state index in [1.54, 1.807) is 13.8 Å². The van der Waals surface area contributed by atoms with E-state index < -0.39 is 17.2 Å². The second kappa shape index (κ2) is 6.50. The van der Waals surface area contributed by atoms with E-state index in [9.17, 15) is 14.0 Å². The Morgan fingerprint density at radius 3 is 2.50 bits per heavy atom. The van der Waals surface area contributed by atoms with Crippen LogP contribution in [0.3, 0.4) is 0 Å². The molecule has 0 radical (unpaired) electrons. The van der Waals surface area contributed by atoms with Gasteiger partial charge >= 0.3 is 11.9 Å². The lowest BCUT2D eigenvalue weighted by Crippen LogP contribution is -2.25. The monoisotopic (exact) mass is 282 g/mol. The fourth-order valence-corrected chi connectivity index (χ4v) is 1.98. The lowest BCUT2D eigenvalue weighted by atomic mass is 9.86. The van der Waals surface area contributed by atoms with Gasteiger partial charge in [-0.05, 0) is 50.8 Å². The van der Waals surface area contributed by atoms with Crippen LogP contribution in [0.2, 0.25) is 0 Å². The molecule has 0 fully saturated rings. The highest BCUT2D eigenvalue weighted by molar-refractivity contribution is 5.87. The summed E-state index contributed by atoms with van der Waals surface area (Å²) in [6.07, 6.45) is 1.64. The second-order valence-corrected chi connectivity index (χ2v) is 5.34. The quantitative estimate of drug-likeness (QED) is 0.814. The van der Waals surface area contributed by atoms with Gasteiger partial charge in [-0.25, -0.2) is 9.18 Å². The van der Waals surface area contributed by atoms with Crippen LogP contribution in [0.25, 0.3) is 0 Å². The van der Waals surface area contributed by atoms with E-state index in [0.29, 0.717) is 24.8 Å². The maximum atomic E-state index is 13.7. The molecule has 1 aromatic carbocycles. The normalized spacial score (nSPS) is 11.2. The summed E-state index contributed by atoms with van der Waals surface area (Å²) < 4.78 is 18.4. The van der Waals surface area contributed by atoms with Crippen molar-refractivity contribution in [3.05, 3.63) is 35.1 Å². The first kappa shape index (κ1) is 16.1. The Labute approximate surface area is 117 Å². The number of carboxylic acids is 1. The van der Waals surface area contributed by atoms with Crippen LogP contribution in [-0.2, 0) is 16.0 Å². The molecule has 0 saturated carbocycles. The highest BCUT2D eigenvalue weighted by Gasteiger charge is 2.27. The van der Waals surface area contributed by atoms with Gasteiger partial charge in [0, 0.05) is 0 Å². The highest BCUT2D eigenvalue weighted by Crippen LogP contribution is 2.25. The average Bonchev–Trinajstić information content (AvgIpc) is 2.39. The zero-order valence-corrected chi connectivity index (χ0v) is 11.9. The molecule has 1 rings (SSSR count). The van der Waals surface area contributed by atoms with E-state index in [2.05, 4.69) is 0 Å². The van der Waals surface area contributed by atoms with Gasteiger partial charge in [-0.2, -0.15) is 0 Å². The molecule has 0 heterocycles. The molecule has 0 aliphatic heterocycles. The number of carboxylic acid groups (broad SMARTS) is 1. The maximum Gasteiger partial charge on any atom is 0.335 e. The van der Waals surface area contributed by atoms with Crippen molar-refractivity contribution < 1.29 is 23.8 Å². The minimum absolute atomic E-state index is 0.0684. The Balaban J connectivity index is 2.63. The van der Waals surface area contributed by atoms with E-state index in [1.807, 2.05) is 0 Å². The summed E-state index contributed by atoms with van der Waals surface area (Å²) in [6, 6.07) is 3.87. The first-order chi connectivity index (χ1) is 9.27. The minimum atomic E-state index is -1.15.